The van der Waals surface area contributed by atoms with Gasteiger partial charge in [-0.3, -0.25) is 14.5 Å². The zero-order valence-corrected chi connectivity index (χ0v) is 13.0. The number of carbonyl (C=O) groups excluding carboxylic acids is 2. The lowest BCUT2D eigenvalue weighted by Crippen LogP contribution is -2.48. The summed E-state index contributed by atoms with van der Waals surface area (Å²) in [5.41, 5.74) is 0. The quantitative estimate of drug-likeness (QED) is 0.747. The van der Waals surface area contributed by atoms with E-state index in [2.05, 4.69) is 24.1 Å². The largest absolute Gasteiger partial charge is 0.383 e. The summed E-state index contributed by atoms with van der Waals surface area (Å²) in [5, 5.41) is 12.2. The van der Waals surface area contributed by atoms with Gasteiger partial charge in [0, 0.05) is 31.7 Å². The first-order chi connectivity index (χ1) is 9.99. The lowest BCUT2D eigenvalue weighted by molar-refractivity contribution is -0.137. The molecule has 2 rings (SSSR count). The van der Waals surface area contributed by atoms with Crippen molar-refractivity contribution in [2.45, 2.75) is 57.7 Å². The predicted octanol–water partition coefficient (Wildman–Crippen LogP) is -0.0413. The highest BCUT2D eigenvalue weighted by atomic mass is 16.3. The molecule has 0 aromatic rings. The molecule has 2 heterocycles. The molecule has 2 aliphatic rings. The fraction of sp³-hybridized carbons (Fsp3) is 0.867. The fourth-order valence-corrected chi connectivity index (χ4v) is 3.35. The van der Waals surface area contributed by atoms with Gasteiger partial charge in [-0.05, 0) is 33.1 Å². The summed E-state index contributed by atoms with van der Waals surface area (Å²) >= 11 is 0. The SMILES string of the molecule is C[C@@H]1CCC[C@H](C)N1CCNC(=O)CN1CC[C@@H](O)C1=O. The molecule has 2 N–H and O–H groups in total. The zero-order valence-electron chi connectivity index (χ0n) is 13.0. The van der Waals surface area contributed by atoms with Crippen LogP contribution in [0, 0.1) is 0 Å². The third-order valence-corrected chi connectivity index (χ3v) is 4.67. The number of carbonyl (C=O) groups is 2. The minimum absolute atomic E-state index is 0.0565. The van der Waals surface area contributed by atoms with E-state index in [9.17, 15) is 14.7 Å². The Hall–Kier alpha value is -1.14. The summed E-state index contributed by atoms with van der Waals surface area (Å²) in [5.74, 6) is -0.474. The Morgan fingerprint density at radius 3 is 2.52 bits per heavy atom. The topological polar surface area (TPSA) is 72.9 Å². The van der Waals surface area contributed by atoms with E-state index >= 15 is 0 Å². The molecule has 0 aromatic carbocycles. The highest BCUT2D eigenvalue weighted by Crippen LogP contribution is 2.21. The molecule has 2 amide bonds. The van der Waals surface area contributed by atoms with Gasteiger partial charge in [-0.15, -0.1) is 0 Å². The molecule has 2 fully saturated rings. The van der Waals surface area contributed by atoms with Crippen molar-refractivity contribution < 1.29 is 14.7 Å². The molecule has 0 radical (unpaired) electrons. The second-order valence-electron chi connectivity index (χ2n) is 6.28. The third kappa shape index (κ3) is 4.17. The van der Waals surface area contributed by atoms with Crippen LogP contribution in [0.15, 0.2) is 0 Å². The molecule has 0 aliphatic carbocycles. The van der Waals surface area contributed by atoms with Gasteiger partial charge in [-0.2, -0.15) is 0 Å². The molecule has 21 heavy (non-hydrogen) atoms. The molecule has 0 spiro atoms. The van der Waals surface area contributed by atoms with Gasteiger partial charge < -0.3 is 15.3 Å². The van der Waals surface area contributed by atoms with Crippen molar-refractivity contribution in [3.8, 4) is 0 Å². The maximum Gasteiger partial charge on any atom is 0.251 e. The van der Waals surface area contributed by atoms with Crippen molar-refractivity contribution in [3.05, 3.63) is 0 Å². The number of aliphatic hydroxyl groups is 1. The Bertz CT molecular complexity index is 378. The van der Waals surface area contributed by atoms with Gasteiger partial charge in [0.15, 0.2) is 0 Å². The minimum atomic E-state index is -0.923. The monoisotopic (exact) mass is 297 g/mol. The van der Waals surface area contributed by atoms with Crippen LogP contribution in [0.1, 0.15) is 39.5 Å². The van der Waals surface area contributed by atoms with Gasteiger partial charge in [0.05, 0.1) is 6.54 Å². The van der Waals surface area contributed by atoms with Gasteiger partial charge in [0.1, 0.15) is 6.10 Å². The Morgan fingerprint density at radius 1 is 1.29 bits per heavy atom. The van der Waals surface area contributed by atoms with E-state index in [0.29, 0.717) is 31.6 Å². The smallest absolute Gasteiger partial charge is 0.251 e. The Kier molecular flexibility index (Phi) is 5.58. The van der Waals surface area contributed by atoms with Crippen molar-refractivity contribution in [2.24, 2.45) is 0 Å². The number of nitrogens with zero attached hydrogens (tertiary/aromatic N) is 2. The molecule has 2 aliphatic heterocycles. The molecule has 6 nitrogen and oxygen atoms in total. The normalized spacial score (nSPS) is 30.7. The molecule has 6 heteroatoms. The molecular formula is C15H27N3O3. The van der Waals surface area contributed by atoms with E-state index in [-0.39, 0.29) is 18.4 Å². The summed E-state index contributed by atoms with van der Waals surface area (Å²) < 4.78 is 0. The number of nitrogens with one attached hydrogen (secondary N) is 1. The summed E-state index contributed by atoms with van der Waals surface area (Å²) in [4.78, 5) is 27.2. The predicted molar refractivity (Wildman–Crippen MR) is 79.7 cm³/mol. The van der Waals surface area contributed by atoms with Crippen molar-refractivity contribution in [2.75, 3.05) is 26.2 Å². The Labute approximate surface area is 126 Å². The molecule has 2 saturated heterocycles. The van der Waals surface area contributed by atoms with E-state index < -0.39 is 6.10 Å². The number of piperidine rings is 1. The molecular weight excluding hydrogens is 270 g/mol. The molecule has 0 unspecified atom stereocenters. The lowest BCUT2D eigenvalue weighted by atomic mass is 9.98. The minimum Gasteiger partial charge on any atom is -0.383 e. The van der Waals surface area contributed by atoms with Crippen LogP contribution in [0.3, 0.4) is 0 Å². The maximum absolute atomic E-state index is 11.9. The van der Waals surface area contributed by atoms with Crippen LogP contribution in [-0.2, 0) is 9.59 Å². The number of aliphatic hydroxyl groups excluding tert-OH is 1. The van der Waals surface area contributed by atoms with Crippen molar-refractivity contribution in [1.29, 1.82) is 0 Å². The summed E-state index contributed by atoms with van der Waals surface area (Å²) in [6.07, 6.45) is 3.23. The number of hydrogen-bond acceptors (Lipinski definition) is 4. The lowest BCUT2D eigenvalue weighted by Gasteiger charge is -2.39. The number of likely N-dealkylation sites (tertiary alicyclic amines) is 2. The van der Waals surface area contributed by atoms with E-state index in [1.165, 1.54) is 24.2 Å². The molecule has 0 aromatic heterocycles. The van der Waals surface area contributed by atoms with Crippen LogP contribution in [0.2, 0.25) is 0 Å². The first-order valence-corrected chi connectivity index (χ1v) is 7.98. The highest BCUT2D eigenvalue weighted by Gasteiger charge is 2.31. The van der Waals surface area contributed by atoms with E-state index in [1.54, 1.807) is 0 Å². The number of rotatable bonds is 5. The van der Waals surface area contributed by atoms with Crippen LogP contribution in [0.4, 0.5) is 0 Å². The van der Waals surface area contributed by atoms with E-state index in [0.717, 1.165) is 6.54 Å². The van der Waals surface area contributed by atoms with Crippen molar-refractivity contribution in [1.82, 2.24) is 15.1 Å². The summed E-state index contributed by atoms with van der Waals surface area (Å²) in [6, 6.07) is 1.14. The standard InChI is InChI=1S/C15H27N3O3/c1-11-4-3-5-12(2)18(11)9-7-16-14(20)10-17-8-6-13(19)15(17)21/h11-13,19H,3-10H2,1-2H3,(H,16,20)/t11-,12+,13-/m1/s1. The second-order valence-corrected chi connectivity index (χ2v) is 6.28. The van der Waals surface area contributed by atoms with Crippen LogP contribution in [0.5, 0.6) is 0 Å². The van der Waals surface area contributed by atoms with E-state index in [1.807, 2.05) is 0 Å². The first-order valence-electron chi connectivity index (χ1n) is 7.98. The third-order valence-electron chi connectivity index (χ3n) is 4.67. The maximum atomic E-state index is 11.9. The average molecular weight is 297 g/mol. The van der Waals surface area contributed by atoms with Crippen LogP contribution in [0.25, 0.3) is 0 Å². The van der Waals surface area contributed by atoms with Gasteiger partial charge in [0.25, 0.3) is 5.91 Å². The first kappa shape index (κ1) is 16.2. The Morgan fingerprint density at radius 2 is 1.95 bits per heavy atom. The van der Waals surface area contributed by atoms with Crippen molar-refractivity contribution in [3.63, 3.8) is 0 Å². The molecule has 0 bridgehead atoms. The van der Waals surface area contributed by atoms with Gasteiger partial charge in [-0.1, -0.05) is 6.42 Å². The molecule has 3 atom stereocenters. The van der Waals surface area contributed by atoms with Crippen LogP contribution >= 0.6 is 0 Å². The Balaban J connectivity index is 1.68. The van der Waals surface area contributed by atoms with Gasteiger partial charge in [-0.25, -0.2) is 0 Å². The van der Waals surface area contributed by atoms with Crippen LogP contribution < -0.4 is 5.32 Å². The second kappa shape index (κ2) is 7.22. The zero-order chi connectivity index (χ0) is 15.4. The van der Waals surface area contributed by atoms with Crippen LogP contribution in [-0.4, -0.2) is 71.1 Å². The summed E-state index contributed by atoms with van der Waals surface area (Å²) in [6.45, 7) is 6.46. The fourth-order valence-electron chi connectivity index (χ4n) is 3.35. The molecule has 120 valence electrons. The van der Waals surface area contributed by atoms with Gasteiger partial charge >= 0.3 is 0 Å². The average Bonchev–Trinajstić information content (AvgIpc) is 2.74. The van der Waals surface area contributed by atoms with Crippen molar-refractivity contribution >= 4 is 11.8 Å². The molecule has 0 saturated carbocycles. The number of hydrogen-bond donors (Lipinski definition) is 2. The van der Waals surface area contributed by atoms with Gasteiger partial charge in [0.2, 0.25) is 5.91 Å². The number of amides is 2. The van der Waals surface area contributed by atoms with E-state index in [4.69, 9.17) is 0 Å². The highest BCUT2D eigenvalue weighted by molar-refractivity contribution is 5.88. The summed E-state index contributed by atoms with van der Waals surface area (Å²) in [7, 11) is 0.